The predicted octanol–water partition coefficient (Wildman–Crippen LogP) is 3.14. The predicted molar refractivity (Wildman–Crippen MR) is 110 cm³/mol. The summed E-state index contributed by atoms with van der Waals surface area (Å²) in [6, 6.07) is 18.7. The highest BCUT2D eigenvalue weighted by molar-refractivity contribution is 5.88. The Bertz CT molecular complexity index is 717. The minimum Gasteiger partial charge on any atom is -0.373 e. The summed E-state index contributed by atoms with van der Waals surface area (Å²) in [4.78, 5) is 27.0. The zero-order chi connectivity index (χ0) is 19.6. The number of hydrogen-bond donors (Lipinski definition) is 2. The first-order valence-corrected chi connectivity index (χ1v) is 9.35. The summed E-state index contributed by atoms with van der Waals surface area (Å²) >= 11 is 0. The van der Waals surface area contributed by atoms with E-state index in [0.29, 0.717) is 19.5 Å². The van der Waals surface area contributed by atoms with E-state index >= 15 is 0 Å². The molecule has 0 fully saturated rings. The number of para-hydroxylation sites is 1. The van der Waals surface area contributed by atoms with Crippen LogP contribution in [-0.4, -0.2) is 32.0 Å². The molecule has 0 heterocycles. The lowest BCUT2D eigenvalue weighted by Crippen LogP contribution is -2.42. The molecule has 2 N–H and O–H groups in total. The molecule has 2 amide bonds. The van der Waals surface area contributed by atoms with Gasteiger partial charge in [0, 0.05) is 32.2 Å². The number of amides is 2. The molecule has 5 nitrogen and oxygen atoms in total. The first-order chi connectivity index (χ1) is 13.0. The number of nitrogens with one attached hydrogen (secondary N) is 2. The van der Waals surface area contributed by atoms with E-state index in [4.69, 9.17) is 0 Å². The molecule has 1 atom stereocenters. The molecule has 2 rings (SSSR count). The fourth-order valence-corrected chi connectivity index (χ4v) is 2.80. The fraction of sp³-hybridized carbons (Fsp3) is 0.364. The minimum atomic E-state index is -0.681. The molecule has 0 saturated carbocycles. The van der Waals surface area contributed by atoms with Gasteiger partial charge in [-0.3, -0.25) is 9.59 Å². The van der Waals surface area contributed by atoms with Crippen molar-refractivity contribution in [2.45, 2.75) is 26.3 Å². The Hall–Kier alpha value is -2.82. The van der Waals surface area contributed by atoms with Crippen molar-refractivity contribution < 1.29 is 9.59 Å². The summed E-state index contributed by atoms with van der Waals surface area (Å²) in [6.07, 6.45) is 0.396. The molecular weight excluding hydrogens is 338 g/mol. The lowest BCUT2D eigenvalue weighted by molar-refractivity contribution is -0.129. The monoisotopic (exact) mass is 367 g/mol. The first kappa shape index (κ1) is 20.5. The van der Waals surface area contributed by atoms with Crippen molar-refractivity contribution in [2.75, 3.05) is 25.0 Å². The van der Waals surface area contributed by atoms with Crippen LogP contribution in [0.4, 0.5) is 5.69 Å². The molecule has 0 saturated heterocycles. The van der Waals surface area contributed by atoms with Gasteiger partial charge in [-0.2, -0.15) is 0 Å². The molecule has 27 heavy (non-hydrogen) atoms. The number of carbonyl (C=O) groups excluding carboxylic acids is 2. The molecule has 0 aliphatic rings. The second-order valence-corrected chi connectivity index (χ2v) is 7.06. The summed E-state index contributed by atoms with van der Waals surface area (Å²) in [5.74, 6) is -0.0702. The third-order valence-electron chi connectivity index (χ3n) is 4.24. The van der Waals surface area contributed by atoms with Crippen LogP contribution in [0.1, 0.15) is 31.9 Å². The number of likely N-dealkylation sites (N-methyl/N-ethyl adjacent to an activating group) is 1. The number of rotatable bonds is 9. The van der Waals surface area contributed by atoms with E-state index in [9.17, 15) is 9.59 Å². The Morgan fingerprint density at radius 3 is 2.15 bits per heavy atom. The SMILES string of the molecule is CC(C)CC(=O)NC(C(=O)NCCN(C)c1ccccc1)c1ccccc1. The van der Waals surface area contributed by atoms with Gasteiger partial charge in [-0.15, -0.1) is 0 Å². The maximum atomic E-state index is 12.7. The molecule has 2 aromatic carbocycles. The average Bonchev–Trinajstić information content (AvgIpc) is 2.66. The minimum absolute atomic E-state index is 0.115. The van der Waals surface area contributed by atoms with E-state index in [1.54, 1.807) is 0 Å². The smallest absolute Gasteiger partial charge is 0.247 e. The van der Waals surface area contributed by atoms with Gasteiger partial charge < -0.3 is 15.5 Å². The van der Waals surface area contributed by atoms with Crippen molar-refractivity contribution in [3.05, 3.63) is 66.2 Å². The summed E-state index contributed by atoms with van der Waals surface area (Å²) in [6.45, 7) is 5.14. The van der Waals surface area contributed by atoms with Crippen LogP contribution in [0.5, 0.6) is 0 Å². The largest absolute Gasteiger partial charge is 0.373 e. The quantitative estimate of drug-likeness (QED) is 0.716. The number of nitrogens with zero attached hydrogens (tertiary/aromatic N) is 1. The van der Waals surface area contributed by atoms with E-state index < -0.39 is 6.04 Å². The van der Waals surface area contributed by atoms with Crippen LogP contribution in [0.2, 0.25) is 0 Å². The molecule has 0 radical (unpaired) electrons. The molecule has 5 heteroatoms. The molecule has 0 aliphatic carbocycles. The first-order valence-electron chi connectivity index (χ1n) is 9.35. The third kappa shape index (κ3) is 6.77. The number of anilines is 1. The lowest BCUT2D eigenvalue weighted by atomic mass is 10.0. The average molecular weight is 367 g/mol. The maximum absolute atomic E-state index is 12.7. The zero-order valence-electron chi connectivity index (χ0n) is 16.3. The molecule has 144 valence electrons. The van der Waals surface area contributed by atoms with E-state index in [1.807, 2.05) is 81.6 Å². The van der Waals surface area contributed by atoms with Crippen LogP contribution < -0.4 is 15.5 Å². The van der Waals surface area contributed by atoms with Crippen LogP contribution in [0.15, 0.2) is 60.7 Å². The Morgan fingerprint density at radius 1 is 0.963 bits per heavy atom. The van der Waals surface area contributed by atoms with E-state index in [-0.39, 0.29) is 17.7 Å². The van der Waals surface area contributed by atoms with Gasteiger partial charge in [-0.05, 0) is 23.6 Å². The second-order valence-electron chi connectivity index (χ2n) is 7.06. The van der Waals surface area contributed by atoms with Crippen LogP contribution in [0.3, 0.4) is 0 Å². The zero-order valence-corrected chi connectivity index (χ0v) is 16.3. The van der Waals surface area contributed by atoms with Crippen molar-refractivity contribution in [2.24, 2.45) is 5.92 Å². The highest BCUT2D eigenvalue weighted by atomic mass is 16.2. The second kappa shape index (κ2) is 10.4. The van der Waals surface area contributed by atoms with Gasteiger partial charge >= 0.3 is 0 Å². The highest BCUT2D eigenvalue weighted by Gasteiger charge is 2.22. The molecule has 0 aromatic heterocycles. The van der Waals surface area contributed by atoms with Crippen LogP contribution in [-0.2, 0) is 9.59 Å². The molecule has 1 unspecified atom stereocenters. The van der Waals surface area contributed by atoms with Crippen LogP contribution >= 0.6 is 0 Å². The van der Waals surface area contributed by atoms with Crippen LogP contribution in [0.25, 0.3) is 0 Å². The van der Waals surface area contributed by atoms with E-state index in [2.05, 4.69) is 15.5 Å². The Kier molecular flexibility index (Phi) is 7.86. The summed E-state index contributed by atoms with van der Waals surface area (Å²) < 4.78 is 0. The maximum Gasteiger partial charge on any atom is 0.247 e. The summed E-state index contributed by atoms with van der Waals surface area (Å²) in [5, 5.41) is 5.81. The van der Waals surface area contributed by atoms with Crippen molar-refractivity contribution in [3.8, 4) is 0 Å². The molecule has 0 spiro atoms. The van der Waals surface area contributed by atoms with Gasteiger partial charge in [-0.25, -0.2) is 0 Å². The number of carbonyl (C=O) groups is 2. The Balaban J connectivity index is 1.96. The fourth-order valence-electron chi connectivity index (χ4n) is 2.80. The van der Waals surface area contributed by atoms with Gasteiger partial charge in [0.1, 0.15) is 6.04 Å². The molecule has 0 aliphatic heterocycles. The molecule has 2 aromatic rings. The standard InChI is InChI=1S/C22H29N3O2/c1-17(2)16-20(26)24-21(18-10-6-4-7-11-18)22(27)23-14-15-25(3)19-12-8-5-9-13-19/h4-13,17,21H,14-16H2,1-3H3,(H,23,27)(H,24,26). The number of benzene rings is 2. The van der Waals surface area contributed by atoms with E-state index in [1.165, 1.54) is 0 Å². The van der Waals surface area contributed by atoms with Gasteiger partial charge in [0.25, 0.3) is 0 Å². The summed E-state index contributed by atoms with van der Waals surface area (Å²) in [5.41, 5.74) is 1.88. The van der Waals surface area contributed by atoms with Crippen molar-refractivity contribution in [3.63, 3.8) is 0 Å². The summed E-state index contributed by atoms with van der Waals surface area (Å²) in [7, 11) is 1.99. The topological polar surface area (TPSA) is 61.4 Å². The van der Waals surface area contributed by atoms with E-state index in [0.717, 1.165) is 11.3 Å². The highest BCUT2D eigenvalue weighted by Crippen LogP contribution is 2.14. The Labute approximate surface area is 161 Å². The molecular formula is C22H29N3O2. The van der Waals surface area contributed by atoms with Gasteiger partial charge in [-0.1, -0.05) is 62.4 Å². The Morgan fingerprint density at radius 2 is 1.56 bits per heavy atom. The van der Waals surface area contributed by atoms with Gasteiger partial charge in [0.15, 0.2) is 0 Å². The molecule has 0 bridgehead atoms. The van der Waals surface area contributed by atoms with Crippen molar-refractivity contribution in [1.29, 1.82) is 0 Å². The van der Waals surface area contributed by atoms with Crippen LogP contribution in [0, 0.1) is 5.92 Å². The van der Waals surface area contributed by atoms with Crippen molar-refractivity contribution in [1.82, 2.24) is 10.6 Å². The van der Waals surface area contributed by atoms with Gasteiger partial charge in [0.05, 0.1) is 0 Å². The number of hydrogen-bond acceptors (Lipinski definition) is 3. The lowest BCUT2D eigenvalue weighted by Gasteiger charge is -2.22. The third-order valence-corrected chi connectivity index (χ3v) is 4.24. The van der Waals surface area contributed by atoms with Crippen molar-refractivity contribution >= 4 is 17.5 Å². The van der Waals surface area contributed by atoms with Gasteiger partial charge in [0.2, 0.25) is 11.8 Å². The normalized spacial score (nSPS) is 11.7.